The maximum absolute atomic E-state index is 13.4. The fourth-order valence-corrected chi connectivity index (χ4v) is 6.51. The number of sulfonamides is 1. The minimum atomic E-state index is -4.02. The number of carbonyl (C=O) groups is 2. The minimum Gasteiger partial charge on any atom is -0.483 e. The summed E-state index contributed by atoms with van der Waals surface area (Å²) < 4.78 is 33.9. The zero-order valence-electron chi connectivity index (χ0n) is 21.3. The third-order valence-corrected chi connectivity index (χ3v) is 8.78. The van der Waals surface area contributed by atoms with Crippen molar-refractivity contribution in [2.45, 2.75) is 17.7 Å². The van der Waals surface area contributed by atoms with E-state index in [2.05, 4.69) is 10.9 Å². The van der Waals surface area contributed by atoms with Crippen LogP contribution in [0.15, 0.2) is 102 Å². The number of fused-ring (bicyclic) bond motifs is 1. The van der Waals surface area contributed by atoms with Crippen molar-refractivity contribution in [3.63, 3.8) is 0 Å². The van der Waals surface area contributed by atoms with Gasteiger partial charge in [-0.25, -0.2) is 8.42 Å². The number of halogens is 1. The Kier molecular flexibility index (Phi) is 8.04. The quantitative estimate of drug-likeness (QED) is 0.301. The average Bonchev–Trinajstić information content (AvgIpc) is 3.41. The van der Waals surface area contributed by atoms with Crippen LogP contribution >= 0.6 is 11.6 Å². The van der Waals surface area contributed by atoms with Crippen molar-refractivity contribution in [1.29, 1.82) is 0 Å². The highest BCUT2D eigenvalue weighted by atomic mass is 35.5. The van der Waals surface area contributed by atoms with Gasteiger partial charge in [0.2, 0.25) is 0 Å². The largest absolute Gasteiger partial charge is 0.483 e. The summed E-state index contributed by atoms with van der Waals surface area (Å²) >= 11 is 6.26. The van der Waals surface area contributed by atoms with E-state index in [-0.39, 0.29) is 28.6 Å². The molecule has 4 aromatic rings. The molecule has 0 aromatic heterocycles. The van der Waals surface area contributed by atoms with Gasteiger partial charge in [-0.05, 0) is 53.4 Å². The zero-order valence-corrected chi connectivity index (χ0v) is 22.9. The summed E-state index contributed by atoms with van der Waals surface area (Å²) in [6.07, 6.45) is 1.22. The fourth-order valence-electron chi connectivity index (χ4n) is 4.50. The van der Waals surface area contributed by atoms with Crippen LogP contribution in [0.4, 0.5) is 5.69 Å². The van der Waals surface area contributed by atoms with Gasteiger partial charge in [-0.15, -0.1) is 0 Å². The van der Waals surface area contributed by atoms with E-state index in [1.807, 2.05) is 60.7 Å². The van der Waals surface area contributed by atoms with Gasteiger partial charge in [-0.1, -0.05) is 78.3 Å². The second kappa shape index (κ2) is 11.8. The van der Waals surface area contributed by atoms with E-state index >= 15 is 0 Å². The van der Waals surface area contributed by atoms with Gasteiger partial charge in [0.25, 0.3) is 21.8 Å². The summed E-state index contributed by atoms with van der Waals surface area (Å²) in [4.78, 5) is 25.0. The second-order valence-corrected chi connectivity index (χ2v) is 11.4. The number of benzene rings is 4. The van der Waals surface area contributed by atoms with Crippen LogP contribution < -0.4 is 19.9 Å². The third kappa shape index (κ3) is 5.95. The molecule has 0 unspecified atom stereocenters. The molecule has 0 saturated carbocycles. The Morgan fingerprint density at radius 2 is 1.60 bits per heavy atom. The predicted molar refractivity (Wildman–Crippen MR) is 153 cm³/mol. The molecule has 2 amide bonds. The fraction of sp³-hybridized carbons (Fsp3) is 0.133. The molecule has 0 saturated heterocycles. The summed E-state index contributed by atoms with van der Waals surface area (Å²) in [6.45, 7) is -0.0559. The Labute approximate surface area is 237 Å². The van der Waals surface area contributed by atoms with Crippen LogP contribution in [0, 0.1) is 0 Å². The molecule has 0 bridgehead atoms. The first kappa shape index (κ1) is 27.2. The summed E-state index contributed by atoms with van der Waals surface area (Å²) in [5, 5.41) is -0.00691. The number of nitrogens with one attached hydrogen (secondary N) is 2. The van der Waals surface area contributed by atoms with E-state index in [1.54, 1.807) is 18.2 Å². The molecule has 0 atom stereocenters. The van der Waals surface area contributed by atoms with Gasteiger partial charge in [0.1, 0.15) is 10.6 Å². The number of anilines is 1. The number of hydrogen-bond acceptors (Lipinski definition) is 5. The molecule has 1 heterocycles. The first-order chi connectivity index (χ1) is 19.3. The number of nitrogens with zero attached hydrogens (tertiary/aromatic N) is 1. The first-order valence-corrected chi connectivity index (χ1v) is 14.4. The lowest BCUT2D eigenvalue weighted by molar-refractivity contribution is -0.123. The molecule has 1 aliphatic rings. The third-order valence-electron chi connectivity index (χ3n) is 6.49. The van der Waals surface area contributed by atoms with Gasteiger partial charge < -0.3 is 4.74 Å². The average molecular weight is 576 g/mol. The highest BCUT2D eigenvalue weighted by molar-refractivity contribution is 7.93. The molecular weight excluding hydrogens is 550 g/mol. The van der Waals surface area contributed by atoms with Crippen molar-refractivity contribution in [2.75, 3.05) is 17.5 Å². The Bertz CT molecular complexity index is 1660. The van der Waals surface area contributed by atoms with Crippen LogP contribution in [-0.2, 0) is 27.7 Å². The van der Waals surface area contributed by atoms with Gasteiger partial charge in [0, 0.05) is 18.5 Å². The second-order valence-electron chi connectivity index (χ2n) is 9.16. The first-order valence-electron chi connectivity index (χ1n) is 12.6. The molecule has 204 valence electrons. The van der Waals surface area contributed by atoms with Gasteiger partial charge in [0.05, 0.1) is 10.7 Å². The van der Waals surface area contributed by atoms with Crippen LogP contribution in [0.3, 0.4) is 0 Å². The highest BCUT2D eigenvalue weighted by Crippen LogP contribution is 2.35. The Morgan fingerprint density at radius 3 is 2.42 bits per heavy atom. The molecule has 0 spiro atoms. The van der Waals surface area contributed by atoms with Gasteiger partial charge >= 0.3 is 0 Å². The zero-order chi connectivity index (χ0) is 28.1. The number of amides is 2. The SMILES string of the molecule is O=C(COc1ccccc1Cc1ccccc1)NNC(=O)c1ccc(Cl)c(S(=O)(=O)N2CCc3ccccc32)c1. The van der Waals surface area contributed by atoms with Crippen molar-refractivity contribution < 1.29 is 22.7 Å². The van der Waals surface area contributed by atoms with Crippen LogP contribution in [0.25, 0.3) is 0 Å². The number of hydrogen-bond donors (Lipinski definition) is 2. The summed E-state index contributed by atoms with van der Waals surface area (Å²) in [5.74, 6) is -0.727. The number of carbonyl (C=O) groups excluding carboxylic acids is 2. The maximum Gasteiger partial charge on any atom is 0.276 e. The predicted octanol–water partition coefficient (Wildman–Crippen LogP) is 4.52. The maximum atomic E-state index is 13.4. The molecule has 2 N–H and O–H groups in total. The standard InChI is InChI=1S/C30H26ClN3O5S/c31-25-15-14-24(19-28(25)40(37,38)34-17-16-22-10-4-6-12-26(22)34)30(36)33-32-29(35)20-39-27-13-7-5-11-23(27)18-21-8-2-1-3-9-21/h1-15,19H,16-18,20H2,(H,32,35)(H,33,36). The minimum absolute atomic E-state index is 0.00691. The highest BCUT2D eigenvalue weighted by Gasteiger charge is 2.32. The molecule has 1 aliphatic heterocycles. The molecule has 40 heavy (non-hydrogen) atoms. The Morgan fingerprint density at radius 1 is 0.875 bits per heavy atom. The summed E-state index contributed by atoms with van der Waals surface area (Å²) in [7, 11) is -4.02. The normalized spacial score (nSPS) is 12.5. The molecule has 4 aromatic carbocycles. The smallest absolute Gasteiger partial charge is 0.276 e. The van der Waals surface area contributed by atoms with Crippen LogP contribution in [-0.4, -0.2) is 33.4 Å². The Balaban J connectivity index is 1.21. The molecule has 5 rings (SSSR count). The molecule has 0 aliphatic carbocycles. The van der Waals surface area contributed by atoms with Gasteiger partial charge in [0.15, 0.2) is 6.61 Å². The molecule has 8 nitrogen and oxygen atoms in total. The lowest BCUT2D eigenvalue weighted by Crippen LogP contribution is -2.44. The number of rotatable bonds is 8. The van der Waals surface area contributed by atoms with E-state index in [1.165, 1.54) is 22.5 Å². The van der Waals surface area contributed by atoms with Crippen molar-refractivity contribution >= 4 is 39.1 Å². The van der Waals surface area contributed by atoms with E-state index < -0.39 is 21.8 Å². The number of ether oxygens (including phenoxy) is 1. The number of hydrazine groups is 1. The molecule has 10 heteroatoms. The van der Waals surface area contributed by atoms with E-state index in [0.717, 1.165) is 16.7 Å². The van der Waals surface area contributed by atoms with Gasteiger partial charge in [-0.2, -0.15) is 0 Å². The van der Waals surface area contributed by atoms with Crippen molar-refractivity contribution in [3.05, 3.63) is 124 Å². The summed E-state index contributed by atoms with van der Waals surface area (Å²) in [6, 6.07) is 28.5. The summed E-state index contributed by atoms with van der Waals surface area (Å²) in [5.41, 5.74) is 8.16. The monoisotopic (exact) mass is 575 g/mol. The van der Waals surface area contributed by atoms with Crippen LogP contribution in [0.1, 0.15) is 27.0 Å². The van der Waals surface area contributed by atoms with Crippen LogP contribution in [0.2, 0.25) is 5.02 Å². The molecular formula is C30H26ClN3O5S. The van der Waals surface area contributed by atoms with E-state index in [9.17, 15) is 18.0 Å². The molecule has 0 radical (unpaired) electrons. The van der Waals surface area contributed by atoms with Crippen LogP contribution in [0.5, 0.6) is 5.75 Å². The lowest BCUT2D eigenvalue weighted by Gasteiger charge is -2.20. The lowest BCUT2D eigenvalue weighted by atomic mass is 10.0. The van der Waals surface area contributed by atoms with Crippen molar-refractivity contribution in [3.8, 4) is 5.75 Å². The van der Waals surface area contributed by atoms with Crippen molar-refractivity contribution in [2.24, 2.45) is 0 Å². The van der Waals surface area contributed by atoms with Crippen molar-refractivity contribution in [1.82, 2.24) is 10.9 Å². The van der Waals surface area contributed by atoms with Gasteiger partial charge in [-0.3, -0.25) is 24.7 Å². The Hall–Kier alpha value is -4.34. The molecule has 0 fully saturated rings. The number of para-hydroxylation sites is 2. The van der Waals surface area contributed by atoms with E-state index in [4.69, 9.17) is 16.3 Å². The topological polar surface area (TPSA) is 105 Å². The van der Waals surface area contributed by atoms with E-state index in [0.29, 0.717) is 24.3 Å².